The molecule has 146 valence electrons. The Balaban J connectivity index is 1.46. The number of carbonyl (C=O) groups is 1. The van der Waals surface area contributed by atoms with E-state index in [2.05, 4.69) is 10.3 Å². The lowest BCUT2D eigenvalue weighted by Crippen LogP contribution is -2.18. The van der Waals surface area contributed by atoms with Gasteiger partial charge in [0.15, 0.2) is 22.5 Å². The van der Waals surface area contributed by atoms with Crippen molar-refractivity contribution in [3.8, 4) is 11.3 Å². The van der Waals surface area contributed by atoms with Crippen molar-refractivity contribution in [1.82, 2.24) is 9.55 Å². The van der Waals surface area contributed by atoms with Gasteiger partial charge in [-0.2, -0.15) is 0 Å². The van der Waals surface area contributed by atoms with E-state index < -0.39 is 17.5 Å². The van der Waals surface area contributed by atoms with E-state index in [0.717, 1.165) is 23.5 Å². The van der Waals surface area contributed by atoms with Crippen LogP contribution >= 0.6 is 11.3 Å². The molecule has 1 N–H and O–H groups in total. The summed E-state index contributed by atoms with van der Waals surface area (Å²) in [4.78, 5) is 28.3. The number of hydrogen-bond acceptors (Lipinski definition) is 5. The molecule has 6 nitrogen and oxygen atoms in total. The highest BCUT2D eigenvalue weighted by atomic mass is 32.1. The summed E-state index contributed by atoms with van der Waals surface area (Å²) in [6.07, 6.45) is 1.62. The number of benzene rings is 1. The normalized spacial score (nSPS) is 10.8. The summed E-state index contributed by atoms with van der Waals surface area (Å²) < 4.78 is 33.4. The molecule has 3 aromatic heterocycles. The van der Waals surface area contributed by atoms with Crippen LogP contribution < -0.4 is 10.9 Å². The van der Waals surface area contributed by atoms with E-state index in [-0.39, 0.29) is 23.0 Å². The molecule has 0 unspecified atom stereocenters. The zero-order valence-corrected chi connectivity index (χ0v) is 15.6. The van der Waals surface area contributed by atoms with Crippen molar-refractivity contribution < 1.29 is 18.0 Å². The Bertz CT molecular complexity index is 1250. The average molecular weight is 413 g/mol. The molecule has 1 amide bonds. The topological polar surface area (TPSA) is 77.1 Å². The lowest BCUT2D eigenvalue weighted by Gasteiger charge is -2.02. The molecule has 0 atom stereocenters. The highest BCUT2D eigenvalue weighted by Crippen LogP contribution is 2.26. The van der Waals surface area contributed by atoms with E-state index in [1.165, 1.54) is 22.8 Å². The fraction of sp³-hybridized carbons (Fsp3) is 0.0500. The maximum absolute atomic E-state index is 13.4. The lowest BCUT2D eigenvalue weighted by atomic mass is 10.2. The summed E-state index contributed by atoms with van der Waals surface area (Å²) in [6, 6.07) is 11.4. The molecule has 0 bridgehead atoms. The van der Waals surface area contributed by atoms with Crippen molar-refractivity contribution in [2.45, 2.75) is 6.54 Å². The molecule has 9 heteroatoms. The van der Waals surface area contributed by atoms with E-state index in [9.17, 15) is 18.4 Å². The van der Waals surface area contributed by atoms with E-state index in [4.69, 9.17) is 4.42 Å². The van der Waals surface area contributed by atoms with Crippen molar-refractivity contribution in [2.75, 3.05) is 5.32 Å². The highest BCUT2D eigenvalue weighted by molar-refractivity contribution is 7.14. The summed E-state index contributed by atoms with van der Waals surface area (Å²) in [5, 5.41) is 4.51. The van der Waals surface area contributed by atoms with Gasteiger partial charge < -0.3 is 8.98 Å². The summed E-state index contributed by atoms with van der Waals surface area (Å²) in [5.41, 5.74) is 0.629. The van der Waals surface area contributed by atoms with Crippen molar-refractivity contribution >= 4 is 22.4 Å². The third-order valence-corrected chi connectivity index (χ3v) is 4.81. The van der Waals surface area contributed by atoms with Crippen LogP contribution in [0.5, 0.6) is 0 Å². The van der Waals surface area contributed by atoms with Crippen LogP contribution in [0.25, 0.3) is 11.3 Å². The van der Waals surface area contributed by atoms with Gasteiger partial charge in [0.25, 0.3) is 11.5 Å². The van der Waals surface area contributed by atoms with Gasteiger partial charge in [-0.1, -0.05) is 6.07 Å². The number of aromatic nitrogens is 2. The minimum atomic E-state index is -0.971. The molecule has 29 heavy (non-hydrogen) atoms. The van der Waals surface area contributed by atoms with Crippen molar-refractivity contribution in [1.29, 1.82) is 0 Å². The third kappa shape index (κ3) is 4.14. The minimum Gasteiger partial charge on any atom is -0.454 e. The van der Waals surface area contributed by atoms with Gasteiger partial charge in [-0.3, -0.25) is 14.9 Å². The molecule has 0 aliphatic rings. The fourth-order valence-corrected chi connectivity index (χ4v) is 3.34. The number of halogens is 2. The molecule has 0 aliphatic heterocycles. The number of pyridine rings is 1. The van der Waals surface area contributed by atoms with Gasteiger partial charge in [-0.25, -0.2) is 13.8 Å². The SMILES string of the molecule is O=C(Nc1nc(-c2ccc(F)c(F)c2)cs1)c1ccc(Cn2ccccc2=O)o1. The van der Waals surface area contributed by atoms with Crippen LogP contribution in [0.4, 0.5) is 13.9 Å². The average Bonchev–Trinajstić information content (AvgIpc) is 3.36. The maximum atomic E-state index is 13.4. The first-order valence-corrected chi connectivity index (χ1v) is 9.34. The van der Waals surface area contributed by atoms with Crippen molar-refractivity contribution in [2.24, 2.45) is 0 Å². The molecule has 0 spiro atoms. The van der Waals surface area contributed by atoms with E-state index in [1.807, 2.05) is 0 Å². The Hall–Kier alpha value is -3.59. The van der Waals surface area contributed by atoms with Gasteiger partial charge in [0.1, 0.15) is 5.76 Å². The van der Waals surface area contributed by atoms with Crippen LogP contribution in [-0.2, 0) is 6.54 Å². The maximum Gasteiger partial charge on any atom is 0.293 e. The molecular formula is C20H13F2N3O3S. The Morgan fingerprint density at radius 3 is 2.79 bits per heavy atom. The van der Waals surface area contributed by atoms with E-state index >= 15 is 0 Å². The molecule has 3 heterocycles. The molecule has 0 saturated heterocycles. The molecule has 0 fully saturated rings. The standard InChI is InChI=1S/C20H13F2N3O3S/c21-14-6-4-12(9-15(14)22)16-11-29-20(23-16)24-19(27)17-7-5-13(28-17)10-25-8-2-1-3-18(25)26/h1-9,11H,10H2,(H,23,24,27). The highest BCUT2D eigenvalue weighted by Gasteiger charge is 2.15. The first-order chi connectivity index (χ1) is 14.0. The second kappa shape index (κ2) is 7.80. The predicted molar refractivity (Wildman–Crippen MR) is 104 cm³/mol. The summed E-state index contributed by atoms with van der Waals surface area (Å²) >= 11 is 1.14. The molecular weight excluding hydrogens is 400 g/mol. The lowest BCUT2D eigenvalue weighted by molar-refractivity contribution is 0.0994. The first-order valence-electron chi connectivity index (χ1n) is 8.46. The number of rotatable bonds is 5. The smallest absolute Gasteiger partial charge is 0.293 e. The van der Waals surface area contributed by atoms with Gasteiger partial charge in [-0.15, -0.1) is 11.3 Å². The number of anilines is 1. The molecule has 1 aromatic carbocycles. The molecule has 4 rings (SSSR count). The first kappa shape index (κ1) is 18.8. The molecule has 0 radical (unpaired) electrons. The van der Waals surface area contributed by atoms with Crippen LogP contribution in [0, 0.1) is 11.6 Å². The van der Waals surface area contributed by atoms with Crippen LogP contribution in [0.1, 0.15) is 16.3 Å². The summed E-state index contributed by atoms with van der Waals surface area (Å²) in [5.74, 6) is -1.91. The van der Waals surface area contributed by atoms with Gasteiger partial charge in [0.05, 0.1) is 12.2 Å². The predicted octanol–water partition coefficient (Wildman–Crippen LogP) is 4.14. The number of nitrogens with one attached hydrogen (secondary N) is 1. The fourth-order valence-electron chi connectivity index (χ4n) is 2.62. The second-order valence-electron chi connectivity index (χ2n) is 6.05. The Labute approximate surface area is 167 Å². The Kier molecular flexibility index (Phi) is 5.05. The molecule has 0 aliphatic carbocycles. The molecule has 0 saturated carbocycles. The minimum absolute atomic E-state index is 0.0635. The van der Waals surface area contributed by atoms with Gasteiger partial charge in [0, 0.05) is 23.2 Å². The number of amides is 1. The van der Waals surface area contributed by atoms with Crippen LogP contribution in [0.2, 0.25) is 0 Å². The zero-order chi connectivity index (χ0) is 20.4. The van der Waals surface area contributed by atoms with Gasteiger partial charge in [-0.05, 0) is 36.4 Å². The zero-order valence-electron chi connectivity index (χ0n) is 14.8. The third-order valence-electron chi connectivity index (χ3n) is 4.05. The number of carbonyl (C=O) groups excluding carboxylic acids is 1. The van der Waals surface area contributed by atoms with Gasteiger partial charge in [0.2, 0.25) is 0 Å². The number of thiazole rings is 1. The van der Waals surface area contributed by atoms with Crippen molar-refractivity contribution in [3.63, 3.8) is 0 Å². The molecule has 4 aromatic rings. The van der Waals surface area contributed by atoms with Gasteiger partial charge >= 0.3 is 0 Å². The summed E-state index contributed by atoms with van der Waals surface area (Å²) in [7, 11) is 0. The number of furan rings is 1. The van der Waals surface area contributed by atoms with Crippen LogP contribution in [-0.4, -0.2) is 15.5 Å². The largest absolute Gasteiger partial charge is 0.454 e. The van der Waals surface area contributed by atoms with Crippen molar-refractivity contribution in [3.05, 3.63) is 93.6 Å². The quantitative estimate of drug-likeness (QED) is 0.533. The summed E-state index contributed by atoms with van der Waals surface area (Å²) in [6.45, 7) is 0.199. The Morgan fingerprint density at radius 2 is 2.00 bits per heavy atom. The number of hydrogen-bond donors (Lipinski definition) is 1. The Morgan fingerprint density at radius 1 is 1.14 bits per heavy atom. The van der Waals surface area contributed by atoms with E-state index in [0.29, 0.717) is 17.0 Å². The van der Waals surface area contributed by atoms with Crippen LogP contribution in [0.3, 0.4) is 0 Å². The van der Waals surface area contributed by atoms with E-state index in [1.54, 1.807) is 29.8 Å². The number of nitrogens with zero attached hydrogens (tertiary/aromatic N) is 2. The van der Waals surface area contributed by atoms with Crippen LogP contribution in [0.15, 0.2) is 69.3 Å². The second-order valence-corrected chi connectivity index (χ2v) is 6.91. The monoisotopic (exact) mass is 413 g/mol.